The maximum absolute atomic E-state index is 12.2. The molecular weight excluding hydrogens is 372 g/mol. The van der Waals surface area contributed by atoms with Crippen LogP contribution in [-0.2, 0) is 27.3 Å². The van der Waals surface area contributed by atoms with Crippen LogP contribution in [-0.4, -0.2) is 33.2 Å². The van der Waals surface area contributed by atoms with E-state index in [4.69, 9.17) is 9.15 Å². The fourth-order valence-corrected chi connectivity index (χ4v) is 2.94. The van der Waals surface area contributed by atoms with Gasteiger partial charge in [0.15, 0.2) is 10.9 Å². The Morgan fingerprint density at radius 3 is 2.93 bits per heavy atom. The van der Waals surface area contributed by atoms with E-state index in [1.165, 1.54) is 29.7 Å². The van der Waals surface area contributed by atoms with Crippen molar-refractivity contribution in [2.45, 2.75) is 19.9 Å². The van der Waals surface area contributed by atoms with Crippen LogP contribution in [0.2, 0.25) is 0 Å². The minimum Gasteiger partial charge on any atom is -0.466 e. The third-order valence-electron chi connectivity index (χ3n) is 3.36. The van der Waals surface area contributed by atoms with E-state index >= 15 is 0 Å². The lowest BCUT2D eigenvalue weighted by molar-refractivity contribution is -0.142. The van der Waals surface area contributed by atoms with E-state index in [9.17, 15) is 14.4 Å². The zero-order valence-electron chi connectivity index (χ0n) is 14.4. The third-order valence-corrected chi connectivity index (χ3v) is 4.17. The number of carbonyl (C=O) groups excluding carboxylic acids is 2. The molecule has 0 aromatic carbocycles. The minimum absolute atomic E-state index is 0.0341. The molecule has 3 aromatic rings. The predicted molar refractivity (Wildman–Crippen MR) is 97.3 cm³/mol. The molecule has 0 aliphatic carbocycles. The molecule has 0 fully saturated rings. The van der Waals surface area contributed by atoms with Crippen molar-refractivity contribution in [1.82, 2.24) is 14.8 Å². The molecule has 0 saturated carbocycles. The first-order chi connectivity index (χ1) is 13.0. The summed E-state index contributed by atoms with van der Waals surface area (Å²) in [5.41, 5.74) is 0.532. The van der Waals surface area contributed by atoms with Crippen molar-refractivity contribution >= 4 is 28.3 Å². The van der Waals surface area contributed by atoms with Crippen LogP contribution in [0.5, 0.6) is 0 Å². The highest BCUT2D eigenvalue weighted by atomic mass is 32.1. The van der Waals surface area contributed by atoms with E-state index in [-0.39, 0.29) is 18.9 Å². The summed E-state index contributed by atoms with van der Waals surface area (Å²) in [5.74, 6) is -0.350. The average molecular weight is 388 g/mol. The van der Waals surface area contributed by atoms with E-state index in [2.05, 4.69) is 15.4 Å². The number of hydrogen-bond acceptors (Lipinski definition) is 8. The van der Waals surface area contributed by atoms with Crippen molar-refractivity contribution < 1.29 is 18.7 Å². The van der Waals surface area contributed by atoms with Crippen LogP contribution in [0.25, 0.3) is 11.5 Å². The van der Waals surface area contributed by atoms with Crippen molar-refractivity contribution in [3.63, 3.8) is 0 Å². The standard InChI is InChI=1S/C17H16N4O5S/c1-2-25-16(24)8-11-10-27-17(18-11)19-14(22)9-21-15(23)6-5-12(20-21)13-4-3-7-26-13/h3-7,10H,2,8-9H2,1H3,(H,18,19,22). The van der Waals surface area contributed by atoms with Gasteiger partial charge in [-0.05, 0) is 25.1 Å². The molecular formula is C17H16N4O5S. The number of furan rings is 1. The summed E-state index contributed by atoms with van der Waals surface area (Å²) in [6, 6.07) is 6.25. The Kier molecular flexibility index (Phi) is 5.77. The molecule has 0 aliphatic rings. The Morgan fingerprint density at radius 1 is 1.33 bits per heavy atom. The monoisotopic (exact) mass is 388 g/mol. The SMILES string of the molecule is CCOC(=O)Cc1csc(NC(=O)Cn2nc(-c3ccco3)ccc2=O)n1. The number of rotatable bonds is 7. The van der Waals surface area contributed by atoms with Gasteiger partial charge in [-0.1, -0.05) is 0 Å². The largest absolute Gasteiger partial charge is 0.466 e. The number of anilines is 1. The first kappa shape index (κ1) is 18.5. The smallest absolute Gasteiger partial charge is 0.311 e. The van der Waals surface area contributed by atoms with E-state index in [1.54, 1.807) is 24.4 Å². The van der Waals surface area contributed by atoms with Gasteiger partial charge in [-0.2, -0.15) is 5.10 Å². The van der Waals surface area contributed by atoms with Crippen LogP contribution in [0.3, 0.4) is 0 Å². The van der Waals surface area contributed by atoms with Crippen LogP contribution >= 0.6 is 11.3 Å². The maximum atomic E-state index is 12.2. The van der Waals surface area contributed by atoms with Crippen molar-refractivity contribution in [1.29, 1.82) is 0 Å². The number of nitrogens with zero attached hydrogens (tertiary/aromatic N) is 3. The summed E-state index contributed by atoms with van der Waals surface area (Å²) in [6.45, 7) is 1.74. The molecule has 0 bridgehead atoms. The average Bonchev–Trinajstić information content (AvgIpc) is 3.29. The Balaban J connectivity index is 1.64. The third kappa shape index (κ3) is 4.88. The Labute approximate surface area is 157 Å². The quantitative estimate of drug-likeness (QED) is 0.612. The molecule has 0 aliphatic heterocycles. The topological polar surface area (TPSA) is 116 Å². The summed E-state index contributed by atoms with van der Waals surface area (Å²) in [7, 11) is 0. The van der Waals surface area contributed by atoms with Crippen LogP contribution in [0.4, 0.5) is 5.13 Å². The van der Waals surface area contributed by atoms with Crippen LogP contribution in [0, 0.1) is 0 Å². The molecule has 0 unspecified atom stereocenters. The molecule has 3 rings (SSSR count). The molecule has 10 heteroatoms. The highest BCUT2D eigenvalue weighted by Crippen LogP contribution is 2.17. The van der Waals surface area contributed by atoms with Crippen molar-refractivity contribution in [3.8, 4) is 11.5 Å². The molecule has 3 aromatic heterocycles. The van der Waals surface area contributed by atoms with Gasteiger partial charge in [-0.25, -0.2) is 9.67 Å². The van der Waals surface area contributed by atoms with Crippen molar-refractivity contribution in [3.05, 3.63) is 52.0 Å². The van der Waals surface area contributed by atoms with E-state index in [0.29, 0.717) is 28.9 Å². The van der Waals surface area contributed by atoms with Gasteiger partial charge in [0.2, 0.25) is 5.91 Å². The molecule has 1 N–H and O–H groups in total. The first-order valence-corrected chi connectivity index (χ1v) is 8.95. The van der Waals surface area contributed by atoms with E-state index in [0.717, 1.165) is 4.68 Å². The summed E-state index contributed by atoms with van der Waals surface area (Å²) in [4.78, 5) is 39.8. The second-order valence-corrected chi connectivity index (χ2v) is 6.22. The van der Waals surface area contributed by atoms with Gasteiger partial charge < -0.3 is 14.5 Å². The van der Waals surface area contributed by atoms with Gasteiger partial charge in [0.25, 0.3) is 5.56 Å². The Hall–Kier alpha value is -3.27. The number of hydrogen-bond donors (Lipinski definition) is 1. The fraction of sp³-hybridized carbons (Fsp3) is 0.235. The number of ether oxygens (including phenoxy) is 1. The highest BCUT2D eigenvalue weighted by molar-refractivity contribution is 7.13. The molecule has 0 radical (unpaired) electrons. The summed E-state index contributed by atoms with van der Waals surface area (Å²) in [6.07, 6.45) is 1.53. The number of nitrogens with one attached hydrogen (secondary N) is 1. The second kappa shape index (κ2) is 8.41. The molecule has 9 nitrogen and oxygen atoms in total. The molecule has 0 atom stereocenters. The predicted octanol–water partition coefficient (Wildman–Crippen LogP) is 1.70. The Bertz CT molecular complexity index is 993. The van der Waals surface area contributed by atoms with Crippen molar-refractivity contribution in [2.24, 2.45) is 0 Å². The zero-order valence-corrected chi connectivity index (χ0v) is 15.2. The molecule has 0 spiro atoms. The van der Waals surface area contributed by atoms with Crippen LogP contribution in [0.1, 0.15) is 12.6 Å². The van der Waals surface area contributed by atoms with Gasteiger partial charge >= 0.3 is 5.97 Å². The normalized spacial score (nSPS) is 10.6. The van der Waals surface area contributed by atoms with Crippen LogP contribution in [0.15, 0.2) is 45.1 Å². The summed E-state index contributed by atoms with van der Waals surface area (Å²) >= 11 is 1.18. The van der Waals surface area contributed by atoms with Gasteiger partial charge in [0.05, 0.1) is 25.0 Å². The number of carbonyl (C=O) groups is 2. The summed E-state index contributed by atoms with van der Waals surface area (Å²) in [5, 5.41) is 8.71. The Morgan fingerprint density at radius 2 is 2.19 bits per heavy atom. The lowest BCUT2D eigenvalue weighted by Gasteiger charge is -2.05. The lowest BCUT2D eigenvalue weighted by Crippen LogP contribution is -2.29. The molecule has 140 valence electrons. The molecule has 27 heavy (non-hydrogen) atoms. The molecule has 1 amide bonds. The molecule has 0 saturated heterocycles. The lowest BCUT2D eigenvalue weighted by atomic mass is 10.3. The van der Waals surface area contributed by atoms with E-state index < -0.39 is 11.5 Å². The summed E-state index contributed by atoms with van der Waals surface area (Å²) < 4.78 is 11.1. The van der Waals surface area contributed by atoms with Crippen LogP contribution < -0.4 is 10.9 Å². The van der Waals surface area contributed by atoms with Crippen molar-refractivity contribution in [2.75, 3.05) is 11.9 Å². The second-order valence-electron chi connectivity index (χ2n) is 5.37. The van der Waals surface area contributed by atoms with Gasteiger partial charge in [0, 0.05) is 11.4 Å². The van der Waals surface area contributed by atoms with Gasteiger partial charge in [0.1, 0.15) is 12.2 Å². The number of aromatic nitrogens is 3. The number of esters is 1. The maximum Gasteiger partial charge on any atom is 0.311 e. The molecule has 3 heterocycles. The van der Waals surface area contributed by atoms with Gasteiger partial charge in [-0.15, -0.1) is 11.3 Å². The number of thiazole rings is 1. The van der Waals surface area contributed by atoms with Gasteiger partial charge in [-0.3, -0.25) is 14.4 Å². The van der Waals surface area contributed by atoms with E-state index in [1.807, 2.05) is 0 Å². The highest BCUT2D eigenvalue weighted by Gasteiger charge is 2.13. The fourth-order valence-electron chi connectivity index (χ4n) is 2.22. The number of amides is 1. The first-order valence-electron chi connectivity index (χ1n) is 8.07. The minimum atomic E-state index is -0.460. The zero-order chi connectivity index (χ0) is 19.2.